The topological polar surface area (TPSA) is 53.2 Å². The molecule has 124 valence electrons. The molecule has 5 heteroatoms. The molecule has 2 aliphatic heterocycles. The zero-order valence-electron chi connectivity index (χ0n) is 13.4. The lowest BCUT2D eigenvalue weighted by atomic mass is 9.80. The molecule has 0 radical (unpaired) electrons. The van der Waals surface area contributed by atoms with Gasteiger partial charge in [0.2, 0.25) is 0 Å². The van der Waals surface area contributed by atoms with E-state index in [0.717, 1.165) is 18.7 Å². The number of amides is 1. The van der Waals surface area contributed by atoms with Crippen molar-refractivity contribution in [1.29, 1.82) is 0 Å². The summed E-state index contributed by atoms with van der Waals surface area (Å²) in [5.74, 6) is 0.464. The number of carbonyl (C=O) groups is 1. The highest BCUT2D eigenvalue weighted by atomic mass is 32.1. The third-order valence-corrected chi connectivity index (χ3v) is 5.67. The van der Waals surface area contributed by atoms with Crippen LogP contribution in [0.25, 0.3) is 0 Å². The van der Waals surface area contributed by atoms with E-state index in [0.29, 0.717) is 30.1 Å². The summed E-state index contributed by atoms with van der Waals surface area (Å²) < 4.78 is 0. The molecule has 3 N–H and O–H groups in total. The third-order valence-electron chi connectivity index (χ3n) is 4.97. The molecule has 3 atom stereocenters. The SMILES string of the molecule is C=CCNC(=O)c1ccc2c(c1)[C@H]1NCC[C@H]1C(c1ccsc1)N2. The van der Waals surface area contributed by atoms with Gasteiger partial charge >= 0.3 is 0 Å². The van der Waals surface area contributed by atoms with Crippen LogP contribution in [-0.2, 0) is 0 Å². The first-order valence-electron chi connectivity index (χ1n) is 8.33. The van der Waals surface area contributed by atoms with Gasteiger partial charge in [0.25, 0.3) is 5.91 Å². The summed E-state index contributed by atoms with van der Waals surface area (Å²) in [5, 5.41) is 14.5. The molecule has 0 spiro atoms. The average Bonchev–Trinajstić information content (AvgIpc) is 3.30. The summed E-state index contributed by atoms with van der Waals surface area (Å²) in [6, 6.07) is 8.81. The molecule has 2 aliphatic rings. The molecule has 1 unspecified atom stereocenters. The lowest BCUT2D eigenvalue weighted by molar-refractivity contribution is 0.0958. The van der Waals surface area contributed by atoms with Crippen molar-refractivity contribution in [3.63, 3.8) is 0 Å². The van der Waals surface area contributed by atoms with Gasteiger partial charge in [-0.1, -0.05) is 6.08 Å². The van der Waals surface area contributed by atoms with Gasteiger partial charge in [0.05, 0.1) is 6.04 Å². The number of hydrogen-bond acceptors (Lipinski definition) is 4. The van der Waals surface area contributed by atoms with Crippen LogP contribution in [-0.4, -0.2) is 19.0 Å². The zero-order chi connectivity index (χ0) is 16.5. The van der Waals surface area contributed by atoms with Crippen LogP contribution in [0.4, 0.5) is 5.69 Å². The quantitative estimate of drug-likeness (QED) is 0.748. The van der Waals surface area contributed by atoms with Gasteiger partial charge in [0.15, 0.2) is 0 Å². The van der Waals surface area contributed by atoms with E-state index in [1.165, 1.54) is 11.1 Å². The Morgan fingerprint density at radius 1 is 1.38 bits per heavy atom. The number of thiophene rings is 1. The lowest BCUT2D eigenvalue weighted by Crippen LogP contribution is -2.32. The van der Waals surface area contributed by atoms with Gasteiger partial charge in [-0.15, -0.1) is 6.58 Å². The van der Waals surface area contributed by atoms with Crippen LogP contribution < -0.4 is 16.0 Å². The predicted molar refractivity (Wildman–Crippen MR) is 98.5 cm³/mol. The molecule has 4 nitrogen and oxygen atoms in total. The van der Waals surface area contributed by atoms with Crippen LogP contribution in [0, 0.1) is 5.92 Å². The normalized spacial score (nSPS) is 24.6. The van der Waals surface area contributed by atoms with Gasteiger partial charge in [0.1, 0.15) is 0 Å². The standard InChI is InChI=1S/C19H21N3OS/c1-2-7-21-19(23)12-3-4-16-15(10-12)18-14(5-8-20-18)17(22-16)13-6-9-24-11-13/h2-4,6,9-11,14,17-18,20,22H,1,5,7-8H2,(H,21,23)/t14-,17?,18-/m0/s1. The molecule has 1 amide bonds. The number of fused-ring (bicyclic) bond motifs is 3. The molecule has 1 aromatic heterocycles. The minimum Gasteiger partial charge on any atom is -0.378 e. The molecule has 4 rings (SSSR count). The highest BCUT2D eigenvalue weighted by Crippen LogP contribution is 2.47. The van der Waals surface area contributed by atoms with E-state index in [-0.39, 0.29) is 5.91 Å². The summed E-state index contributed by atoms with van der Waals surface area (Å²) in [5.41, 5.74) is 4.40. The number of benzene rings is 1. The van der Waals surface area contributed by atoms with Gasteiger partial charge in [0, 0.05) is 29.8 Å². The Hall–Kier alpha value is -2.11. The molecular weight excluding hydrogens is 318 g/mol. The van der Waals surface area contributed by atoms with Crippen LogP contribution in [0.2, 0.25) is 0 Å². The smallest absolute Gasteiger partial charge is 0.251 e. The van der Waals surface area contributed by atoms with Gasteiger partial charge in [-0.2, -0.15) is 11.3 Å². The van der Waals surface area contributed by atoms with Crippen molar-refractivity contribution in [2.45, 2.75) is 18.5 Å². The summed E-state index contributed by atoms with van der Waals surface area (Å²) >= 11 is 1.74. The van der Waals surface area contributed by atoms with E-state index < -0.39 is 0 Å². The summed E-state index contributed by atoms with van der Waals surface area (Å²) in [7, 11) is 0. The van der Waals surface area contributed by atoms with Gasteiger partial charge in [-0.3, -0.25) is 4.79 Å². The van der Waals surface area contributed by atoms with Crippen molar-refractivity contribution in [2.24, 2.45) is 5.92 Å². The van der Waals surface area contributed by atoms with Gasteiger partial charge in [-0.25, -0.2) is 0 Å². The van der Waals surface area contributed by atoms with E-state index >= 15 is 0 Å². The fourth-order valence-corrected chi connectivity index (χ4v) is 4.54. The molecule has 24 heavy (non-hydrogen) atoms. The highest BCUT2D eigenvalue weighted by Gasteiger charge is 2.40. The Labute approximate surface area is 146 Å². The Balaban J connectivity index is 1.67. The fourth-order valence-electron chi connectivity index (χ4n) is 3.84. The van der Waals surface area contributed by atoms with Crippen molar-refractivity contribution in [3.8, 4) is 0 Å². The molecule has 1 aromatic carbocycles. The highest BCUT2D eigenvalue weighted by molar-refractivity contribution is 7.08. The molecule has 2 aromatic rings. The monoisotopic (exact) mass is 339 g/mol. The molecule has 1 saturated heterocycles. The van der Waals surface area contributed by atoms with Crippen molar-refractivity contribution >= 4 is 22.9 Å². The Kier molecular flexibility index (Phi) is 4.12. The van der Waals surface area contributed by atoms with Crippen LogP contribution in [0.3, 0.4) is 0 Å². The lowest BCUT2D eigenvalue weighted by Gasteiger charge is -2.37. The maximum Gasteiger partial charge on any atom is 0.251 e. The Bertz CT molecular complexity index is 756. The maximum absolute atomic E-state index is 12.2. The first-order chi connectivity index (χ1) is 11.8. The predicted octanol–water partition coefficient (Wildman–Crippen LogP) is 3.48. The van der Waals surface area contributed by atoms with E-state index in [4.69, 9.17) is 0 Å². The minimum atomic E-state index is -0.0489. The van der Waals surface area contributed by atoms with Gasteiger partial charge in [-0.05, 0) is 59.1 Å². The molecule has 0 saturated carbocycles. The number of rotatable bonds is 4. The van der Waals surface area contributed by atoms with Crippen molar-refractivity contribution in [1.82, 2.24) is 10.6 Å². The van der Waals surface area contributed by atoms with Crippen molar-refractivity contribution in [3.05, 3.63) is 64.4 Å². The minimum absolute atomic E-state index is 0.0489. The van der Waals surface area contributed by atoms with E-state index in [1.807, 2.05) is 18.2 Å². The fraction of sp³-hybridized carbons (Fsp3) is 0.316. The molecule has 0 aliphatic carbocycles. The second-order valence-corrected chi connectivity index (χ2v) is 7.14. The van der Waals surface area contributed by atoms with Crippen LogP contribution in [0.1, 0.15) is 40.0 Å². The second-order valence-electron chi connectivity index (χ2n) is 6.36. The van der Waals surface area contributed by atoms with Crippen molar-refractivity contribution < 1.29 is 4.79 Å². The third kappa shape index (κ3) is 2.64. The maximum atomic E-state index is 12.2. The Morgan fingerprint density at radius 2 is 2.29 bits per heavy atom. The van der Waals surface area contributed by atoms with Crippen LogP contribution in [0.5, 0.6) is 0 Å². The second kappa shape index (κ2) is 6.42. The van der Waals surface area contributed by atoms with E-state index in [2.05, 4.69) is 39.4 Å². The molecule has 3 heterocycles. The van der Waals surface area contributed by atoms with Gasteiger partial charge < -0.3 is 16.0 Å². The number of anilines is 1. The van der Waals surface area contributed by atoms with Crippen LogP contribution >= 0.6 is 11.3 Å². The average molecular weight is 339 g/mol. The van der Waals surface area contributed by atoms with Crippen LogP contribution in [0.15, 0.2) is 47.7 Å². The molecule has 0 bridgehead atoms. The van der Waals surface area contributed by atoms with E-state index in [1.54, 1.807) is 17.4 Å². The van der Waals surface area contributed by atoms with E-state index in [9.17, 15) is 4.79 Å². The first kappa shape index (κ1) is 15.4. The molecular formula is C19H21N3OS. The number of carbonyl (C=O) groups excluding carboxylic acids is 1. The molecule has 1 fully saturated rings. The number of nitrogens with one attached hydrogen (secondary N) is 3. The largest absolute Gasteiger partial charge is 0.378 e. The summed E-state index contributed by atoms with van der Waals surface area (Å²) in [6.07, 6.45) is 2.84. The summed E-state index contributed by atoms with van der Waals surface area (Å²) in [4.78, 5) is 12.2. The van der Waals surface area contributed by atoms with Crippen molar-refractivity contribution in [2.75, 3.05) is 18.4 Å². The Morgan fingerprint density at radius 3 is 3.08 bits per heavy atom. The number of hydrogen-bond donors (Lipinski definition) is 3. The summed E-state index contributed by atoms with van der Waals surface area (Å²) in [6.45, 7) is 5.14. The zero-order valence-corrected chi connectivity index (χ0v) is 14.2. The first-order valence-corrected chi connectivity index (χ1v) is 9.27.